The lowest BCUT2D eigenvalue weighted by molar-refractivity contribution is -0.238. The summed E-state index contributed by atoms with van der Waals surface area (Å²) in [6.07, 6.45) is 3.45. The Labute approximate surface area is 250 Å². The molecular weight excluding hydrogens is 564 g/mol. The molecule has 2 aliphatic rings. The van der Waals surface area contributed by atoms with Crippen LogP contribution in [0.15, 0.2) is 18.9 Å². The first-order valence-corrected chi connectivity index (χ1v) is 14.5. The third kappa shape index (κ3) is 8.85. The lowest BCUT2D eigenvalue weighted by Gasteiger charge is -2.48. The van der Waals surface area contributed by atoms with Crippen molar-refractivity contribution in [2.75, 3.05) is 7.11 Å². The van der Waals surface area contributed by atoms with Crippen LogP contribution >= 0.6 is 0 Å². The summed E-state index contributed by atoms with van der Waals surface area (Å²) in [6, 6.07) is -1.15. The van der Waals surface area contributed by atoms with Gasteiger partial charge in [0.25, 0.3) is 0 Å². The highest BCUT2D eigenvalue weighted by atomic mass is 16.6. The third-order valence-corrected chi connectivity index (χ3v) is 7.65. The van der Waals surface area contributed by atoms with Crippen LogP contribution in [0.5, 0.6) is 0 Å². The molecule has 2 heterocycles. The molecule has 1 aliphatic carbocycles. The van der Waals surface area contributed by atoms with Crippen LogP contribution in [-0.2, 0) is 54.2 Å². The van der Waals surface area contributed by atoms with Crippen LogP contribution in [0.3, 0.4) is 0 Å². The van der Waals surface area contributed by atoms with Crippen LogP contribution in [0, 0.1) is 0 Å². The van der Waals surface area contributed by atoms with Crippen molar-refractivity contribution in [2.45, 2.75) is 121 Å². The van der Waals surface area contributed by atoms with Gasteiger partial charge in [-0.25, -0.2) is 9.48 Å². The fraction of sp³-hybridized carbons (Fsp3) is 0.690. The molecule has 1 saturated carbocycles. The van der Waals surface area contributed by atoms with Crippen LogP contribution < -0.4 is 5.32 Å². The Kier molecular flexibility index (Phi) is 11.8. The van der Waals surface area contributed by atoms with Crippen LogP contribution in [0.2, 0.25) is 0 Å². The number of carbonyl (C=O) groups is 5. The Morgan fingerprint density at radius 2 is 1.79 bits per heavy atom. The number of rotatable bonds is 12. The molecule has 2 unspecified atom stereocenters. The van der Waals surface area contributed by atoms with E-state index in [-0.39, 0.29) is 19.4 Å². The first-order chi connectivity index (χ1) is 20.4. The maximum absolute atomic E-state index is 13.4. The van der Waals surface area contributed by atoms with Crippen LogP contribution in [0.1, 0.15) is 84.3 Å². The number of hydrogen-bond acceptors (Lipinski definition) is 12. The topological polar surface area (TPSA) is 174 Å². The predicted octanol–water partition coefficient (Wildman–Crippen LogP) is 1.90. The maximum Gasteiger partial charge on any atom is 0.338 e. The van der Waals surface area contributed by atoms with Crippen LogP contribution in [0.4, 0.5) is 0 Å². The molecule has 1 aliphatic heterocycles. The summed E-state index contributed by atoms with van der Waals surface area (Å²) >= 11 is 0. The van der Waals surface area contributed by atoms with E-state index in [1.165, 1.54) is 45.1 Å². The van der Waals surface area contributed by atoms with E-state index in [9.17, 15) is 24.0 Å². The minimum absolute atomic E-state index is 0.0633. The average molecular weight is 607 g/mol. The molecule has 2 fully saturated rings. The van der Waals surface area contributed by atoms with Crippen molar-refractivity contribution in [2.24, 2.45) is 0 Å². The zero-order chi connectivity index (χ0) is 31.7. The van der Waals surface area contributed by atoms with Gasteiger partial charge in [-0.2, -0.15) is 0 Å². The minimum atomic E-state index is -1.72. The molecule has 6 atom stereocenters. The molecule has 1 N–H and O–H groups in total. The van der Waals surface area contributed by atoms with Gasteiger partial charge in [0.1, 0.15) is 24.9 Å². The van der Waals surface area contributed by atoms with Gasteiger partial charge < -0.3 is 29.0 Å². The number of amides is 1. The van der Waals surface area contributed by atoms with Crippen molar-refractivity contribution in [3.05, 3.63) is 24.5 Å². The zero-order valence-corrected chi connectivity index (χ0v) is 25.4. The molecule has 43 heavy (non-hydrogen) atoms. The van der Waals surface area contributed by atoms with E-state index in [0.717, 1.165) is 38.3 Å². The summed E-state index contributed by atoms with van der Waals surface area (Å²) in [4.78, 5) is 62.8. The largest absolute Gasteiger partial charge is 0.467 e. The Hall–Kier alpha value is -3.81. The number of nitrogens with zero attached hydrogens (tertiary/aromatic N) is 3. The molecule has 14 nitrogen and oxygen atoms in total. The number of hydrogen-bond donors (Lipinski definition) is 1. The summed E-state index contributed by atoms with van der Waals surface area (Å²) < 4.78 is 29.3. The number of esters is 4. The molecule has 0 radical (unpaired) electrons. The highest BCUT2D eigenvalue weighted by Gasteiger charge is 2.57. The van der Waals surface area contributed by atoms with E-state index >= 15 is 0 Å². The van der Waals surface area contributed by atoms with Gasteiger partial charge >= 0.3 is 23.9 Å². The fourth-order valence-electron chi connectivity index (χ4n) is 5.89. The van der Waals surface area contributed by atoms with E-state index in [2.05, 4.69) is 22.2 Å². The van der Waals surface area contributed by atoms with Gasteiger partial charge in [0.2, 0.25) is 5.91 Å². The predicted molar refractivity (Wildman–Crippen MR) is 149 cm³/mol. The number of nitrogens with one attached hydrogen (secondary N) is 1. The Morgan fingerprint density at radius 1 is 1.12 bits per heavy atom. The Morgan fingerprint density at radius 3 is 2.37 bits per heavy atom. The van der Waals surface area contributed by atoms with Crippen molar-refractivity contribution in [3.8, 4) is 0 Å². The first-order valence-electron chi connectivity index (χ1n) is 14.5. The molecule has 0 aromatic carbocycles. The molecule has 1 amide bonds. The Balaban J connectivity index is 1.98. The van der Waals surface area contributed by atoms with Gasteiger partial charge in [-0.05, 0) is 19.8 Å². The summed E-state index contributed by atoms with van der Waals surface area (Å²) in [5, 5.41) is 11.2. The smallest absolute Gasteiger partial charge is 0.338 e. The molecule has 14 heteroatoms. The summed E-state index contributed by atoms with van der Waals surface area (Å²) in [5.74, 6) is -3.13. The van der Waals surface area contributed by atoms with Crippen LogP contribution in [0.25, 0.3) is 0 Å². The zero-order valence-electron chi connectivity index (χ0n) is 25.4. The number of carbonyl (C=O) groups excluding carboxylic acids is 5. The second-order valence-corrected chi connectivity index (χ2v) is 11.1. The third-order valence-electron chi connectivity index (χ3n) is 7.65. The van der Waals surface area contributed by atoms with Gasteiger partial charge in [0.15, 0.2) is 11.7 Å². The van der Waals surface area contributed by atoms with Crippen molar-refractivity contribution >= 4 is 29.8 Å². The second kappa shape index (κ2) is 15.1. The lowest BCUT2D eigenvalue weighted by atomic mass is 9.81. The average Bonchev–Trinajstić information content (AvgIpc) is 3.40. The molecule has 1 aromatic heterocycles. The molecule has 1 saturated heterocycles. The van der Waals surface area contributed by atoms with Crippen molar-refractivity contribution in [1.82, 2.24) is 20.3 Å². The molecule has 1 aromatic rings. The van der Waals surface area contributed by atoms with E-state index in [4.69, 9.17) is 23.7 Å². The number of ether oxygens (including phenoxy) is 5. The van der Waals surface area contributed by atoms with Gasteiger partial charge in [0, 0.05) is 45.7 Å². The second-order valence-electron chi connectivity index (χ2n) is 11.1. The maximum atomic E-state index is 13.4. The molecular formula is C29H42N4O10. The fourth-order valence-corrected chi connectivity index (χ4v) is 5.89. The van der Waals surface area contributed by atoms with Gasteiger partial charge in [-0.1, -0.05) is 30.6 Å². The van der Waals surface area contributed by atoms with Gasteiger partial charge in [0.05, 0.1) is 18.8 Å². The van der Waals surface area contributed by atoms with E-state index < -0.39 is 65.8 Å². The normalized spacial score (nSPS) is 25.5. The Bertz CT molecular complexity index is 1180. The number of aromatic nitrogens is 3. The monoisotopic (exact) mass is 606 g/mol. The van der Waals surface area contributed by atoms with E-state index in [1.54, 1.807) is 6.20 Å². The van der Waals surface area contributed by atoms with Crippen molar-refractivity contribution in [1.29, 1.82) is 0 Å². The minimum Gasteiger partial charge on any atom is -0.467 e. The molecule has 0 spiro atoms. The standard InChI is InChI=1S/C29H42N4O10/c1-7-13-29(28(38)39-6)14-23(41-19(4)35)25(27(43-29)26(42-20(5)36)17(2)40-18(3)34)30-24(37)16-33-15-22(31-32-33)21-11-9-8-10-12-21/h7,15,17,21,23,25-27H,1,8-14,16H2,2-6H3,(H,30,37)/t17?,23-,25+,26?,27+,29+/m0/s1. The molecule has 3 rings (SSSR count). The highest BCUT2D eigenvalue weighted by Crippen LogP contribution is 2.38. The SMILES string of the molecule is C=CC[C@]1(C(=O)OC)C[C@H](OC(C)=O)[C@@H](NC(=O)Cn2cc(C3CCCCC3)nn2)[C@H](C(OC(C)=O)C(C)OC(C)=O)O1. The quantitative estimate of drug-likeness (QED) is 0.208. The van der Waals surface area contributed by atoms with Gasteiger partial charge in [-0.3, -0.25) is 19.2 Å². The first kappa shape index (κ1) is 33.7. The summed E-state index contributed by atoms with van der Waals surface area (Å²) in [6.45, 7) is 8.48. The van der Waals surface area contributed by atoms with E-state index in [0.29, 0.717) is 5.92 Å². The summed E-state index contributed by atoms with van der Waals surface area (Å²) in [7, 11) is 1.17. The highest BCUT2D eigenvalue weighted by molar-refractivity contribution is 5.81. The van der Waals surface area contributed by atoms with Crippen LogP contribution in [-0.4, -0.2) is 87.9 Å². The van der Waals surface area contributed by atoms with Gasteiger partial charge in [-0.15, -0.1) is 11.7 Å². The lowest BCUT2D eigenvalue weighted by Crippen LogP contribution is -2.68. The molecule has 0 bridgehead atoms. The van der Waals surface area contributed by atoms with E-state index in [1.807, 2.05) is 0 Å². The van der Waals surface area contributed by atoms with Crippen molar-refractivity contribution < 1.29 is 47.7 Å². The summed E-state index contributed by atoms with van der Waals surface area (Å²) in [5.41, 5.74) is -0.904. The number of methoxy groups -OCH3 is 1. The van der Waals surface area contributed by atoms with Crippen molar-refractivity contribution in [3.63, 3.8) is 0 Å². The molecule has 238 valence electrons.